The van der Waals surface area contributed by atoms with Gasteiger partial charge in [0.15, 0.2) is 5.78 Å². The van der Waals surface area contributed by atoms with Crippen molar-refractivity contribution in [3.63, 3.8) is 0 Å². The molecule has 0 fully saturated rings. The fourth-order valence-electron chi connectivity index (χ4n) is 2.01. The summed E-state index contributed by atoms with van der Waals surface area (Å²) < 4.78 is 39.2. The zero-order valence-electron chi connectivity index (χ0n) is 11.0. The molecule has 2 aromatic rings. The van der Waals surface area contributed by atoms with Crippen LogP contribution in [0.3, 0.4) is 0 Å². The van der Waals surface area contributed by atoms with Crippen molar-refractivity contribution in [2.45, 2.75) is 19.5 Å². The van der Waals surface area contributed by atoms with Gasteiger partial charge < -0.3 is 0 Å². The highest BCUT2D eigenvalue weighted by molar-refractivity contribution is 5.96. The Morgan fingerprint density at radius 1 is 1.30 bits per heavy atom. The van der Waals surface area contributed by atoms with Crippen LogP contribution in [-0.4, -0.2) is 15.6 Å². The van der Waals surface area contributed by atoms with Crippen LogP contribution < -0.4 is 0 Å². The fraction of sp³-hybridized carbons (Fsp3) is 0.286. The standard InChI is InChI=1S/C14H13F3N2O/c1-9-6-12(19(2)18-9)13(20)8-10-4-3-5-11(7-10)14(15,16)17/h3-7H,8H2,1-2H3. The van der Waals surface area contributed by atoms with Gasteiger partial charge in [0.25, 0.3) is 0 Å². The molecule has 1 heterocycles. The molecule has 0 radical (unpaired) electrons. The molecule has 0 saturated heterocycles. The van der Waals surface area contributed by atoms with E-state index in [0.29, 0.717) is 17.0 Å². The summed E-state index contributed by atoms with van der Waals surface area (Å²) in [6, 6.07) is 6.43. The van der Waals surface area contributed by atoms with E-state index >= 15 is 0 Å². The third-order valence-corrected chi connectivity index (χ3v) is 2.91. The van der Waals surface area contributed by atoms with Crippen LogP contribution in [0.4, 0.5) is 13.2 Å². The molecule has 0 amide bonds. The second-order valence-corrected chi connectivity index (χ2v) is 4.59. The van der Waals surface area contributed by atoms with E-state index in [2.05, 4.69) is 5.10 Å². The van der Waals surface area contributed by atoms with Gasteiger partial charge in [0, 0.05) is 13.5 Å². The summed E-state index contributed by atoms with van der Waals surface area (Å²) in [6.07, 6.45) is -4.48. The number of alkyl halides is 3. The Labute approximate surface area is 114 Å². The average Bonchev–Trinajstić information content (AvgIpc) is 2.68. The summed E-state index contributed by atoms with van der Waals surface area (Å²) in [7, 11) is 1.63. The molecule has 0 aliphatic carbocycles. The number of nitrogens with zero attached hydrogens (tertiary/aromatic N) is 2. The molecule has 1 aromatic heterocycles. The minimum Gasteiger partial charge on any atom is -0.292 e. The first kappa shape index (κ1) is 14.3. The van der Waals surface area contributed by atoms with Crippen LogP contribution in [0.5, 0.6) is 0 Å². The quantitative estimate of drug-likeness (QED) is 0.810. The number of aromatic nitrogens is 2. The van der Waals surface area contributed by atoms with Crippen molar-refractivity contribution in [3.05, 3.63) is 52.8 Å². The molecule has 0 atom stereocenters. The van der Waals surface area contributed by atoms with E-state index in [-0.39, 0.29) is 12.2 Å². The molecule has 2 rings (SSSR count). The van der Waals surface area contributed by atoms with E-state index in [9.17, 15) is 18.0 Å². The fourth-order valence-corrected chi connectivity index (χ4v) is 2.01. The lowest BCUT2D eigenvalue weighted by Crippen LogP contribution is -2.11. The molecule has 20 heavy (non-hydrogen) atoms. The molecule has 1 aromatic carbocycles. The van der Waals surface area contributed by atoms with E-state index in [0.717, 1.165) is 12.1 Å². The van der Waals surface area contributed by atoms with Crippen LogP contribution in [0, 0.1) is 6.92 Å². The van der Waals surface area contributed by atoms with Gasteiger partial charge in [0.1, 0.15) is 5.69 Å². The number of carbonyl (C=O) groups excluding carboxylic acids is 1. The van der Waals surface area contributed by atoms with Crippen molar-refractivity contribution in [3.8, 4) is 0 Å². The Kier molecular flexibility index (Phi) is 3.65. The summed E-state index contributed by atoms with van der Waals surface area (Å²) in [6.45, 7) is 1.75. The third kappa shape index (κ3) is 3.07. The molecule has 0 unspecified atom stereocenters. The predicted molar refractivity (Wildman–Crippen MR) is 67.4 cm³/mol. The molecular formula is C14H13F3N2O. The number of carbonyl (C=O) groups is 1. The van der Waals surface area contributed by atoms with Crippen LogP contribution in [0.2, 0.25) is 0 Å². The Morgan fingerprint density at radius 3 is 2.55 bits per heavy atom. The smallest absolute Gasteiger partial charge is 0.292 e. The number of halogens is 3. The van der Waals surface area contributed by atoms with Gasteiger partial charge in [-0.25, -0.2) is 0 Å². The first-order valence-corrected chi connectivity index (χ1v) is 5.97. The summed E-state index contributed by atoms with van der Waals surface area (Å²) in [5, 5.41) is 4.05. The van der Waals surface area contributed by atoms with Crippen molar-refractivity contribution < 1.29 is 18.0 Å². The van der Waals surface area contributed by atoms with Gasteiger partial charge in [0.2, 0.25) is 0 Å². The molecule has 0 N–H and O–H groups in total. The first-order valence-electron chi connectivity index (χ1n) is 5.97. The van der Waals surface area contributed by atoms with Crippen molar-refractivity contribution in [1.82, 2.24) is 9.78 Å². The second-order valence-electron chi connectivity index (χ2n) is 4.59. The predicted octanol–water partition coefficient (Wildman–Crippen LogP) is 3.17. The van der Waals surface area contributed by atoms with Gasteiger partial charge in [0.05, 0.1) is 11.3 Å². The number of hydrogen-bond donors (Lipinski definition) is 0. The normalized spacial score (nSPS) is 11.7. The van der Waals surface area contributed by atoms with Crippen molar-refractivity contribution >= 4 is 5.78 Å². The number of Topliss-reactive ketones (excluding diaryl/α,β-unsaturated/α-hetero) is 1. The van der Waals surface area contributed by atoms with Crippen LogP contribution in [-0.2, 0) is 19.6 Å². The molecule has 0 saturated carbocycles. The van der Waals surface area contributed by atoms with Crippen LogP contribution in [0.15, 0.2) is 30.3 Å². The molecule has 106 valence electrons. The number of benzene rings is 1. The maximum atomic E-state index is 12.6. The van der Waals surface area contributed by atoms with Gasteiger partial charge in [-0.1, -0.05) is 18.2 Å². The summed E-state index contributed by atoms with van der Waals surface area (Å²) >= 11 is 0. The van der Waals surface area contributed by atoms with Gasteiger partial charge in [-0.3, -0.25) is 9.48 Å². The van der Waals surface area contributed by atoms with Crippen molar-refractivity contribution in [1.29, 1.82) is 0 Å². The minimum atomic E-state index is -4.40. The highest BCUT2D eigenvalue weighted by Crippen LogP contribution is 2.29. The largest absolute Gasteiger partial charge is 0.416 e. The van der Waals surface area contributed by atoms with E-state index in [1.165, 1.54) is 16.8 Å². The number of ketones is 1. The average molecular weight is 282 g/mol. The van der Waals surface area contributed by atoms with E-state index in [4.69, 9.17) is 0 Å². The highest BCUT2D eigenvalue weighted by Gasteiger charge is 2.30. The first-order chi connectivity index (χ1) is 9.27. The summed E-state index contributed by atoms with van der Waals surface area (Å²) in [5.41, 5.74) is 0.674. The lowest BCUT2D eigenvalue weighted by atomic mass is 10.0. The number of hydrogen-bond acceptors (Lipinski definition) is 2. The van der Waals surface area contributed by atoms with E-state index < -0.39 is 11.7 Å². The maximum absolute atomic E-state index is 12.6. The zero-order valence-corrected chi connectivity index (χ0v) is 11.0. The molecule has 0 bridgehead atoms. The topological polar surface area (TPSA) is 34.9 Å². The zero-order chi connectivity index (χ0) is 14.9. The molecule has 0 aliphatic heterocycles. The Bertz CT molecular complexity index is 644. The van der Waals surface area contributed by atoms with E-state index in [1.54, 1.807) is 20.0 Å². The van der Waals surface area contributed by atoms with Crippen molar-refractivity contribution in [2.24, 2.45) is 7.05 Å². The van der Waals surface area contributed by atoms with Gasteiger partial charge >= 0.3 is 6.18 Å². The molecule has 3 nitrogen and oxygen atoms in total. The van der Waals surface area contributed by atoms with Gasteiger partial charge in [-0.15, -0.1) is 0 Å². The SMILES string of the molecule is Cc1cc(C(=O)Cc2cccc(C(F)(F)F)c2)n(C)n1. The highest BCUT2D eigenvalue weighted by atomic mass is 19.4. The molecule has 0 spiro atoms. The van der Waals surface area contributed by atoms with E-state index in [1.807, 2.05) is 0 Å². The lowest BCUT2D eigenvalue weighted by molar-refractivity contribution is -0.137. The van der Waals surface area contributed by atoms with Gasteiger partial charge in [-0.05, 0) is 24.6 Å². The molecule has 6 heteroatoms. The Balaban J connectivity index is 2.22. The molecule has 0 aliphatic rings. The van der Waals surface area contributed by atoms with Crippen LogP contribution in [0.1, 0.15) is 27.3 Å². The summed E-state index contributed by atoms with van der Waals surface area (Å²) in [4.78, 5) is 12.1. The van der Waals surface area contributed by atoms with Gasteiger partial charge in [-0.2, -0.15) is 18.3 Å². The number of aryl methyl sites for hydroxylation is 2. The maximum Gasteiger partial charge on any atom is 0.416 e. The van der Waals surface area contributed by atoms with Crippen LogP contribution >= 0.6 is 0 Å². The Morgan fingerprint density at radius 2 is 2.00 bits per heavy atom. The molecular weight excluding hydrogens is 269 g/mol. The minimum absolute atomic E-state index is 0.0805. The Hall–Kier alpha value is -2.11. The summed E-state index contributed by atoms with van der Waals surface area (Å²) in [5.74, 6) is -0.257. The number of rotatable bonds is 3. The monoisotopic (exact) mass is 282 g/mol. The second kappa shape index (κ2) is 5.11. The van der Waals surface area contributed by atoms with Crippen molar-refractivity contribution in [2.75, 3.05) is 0 Å². The third-order valence-electron chi connectivity index (χ3n) is 2.91. The van der Waals surface area contributed by atoms with Crippen LogP contribution in [0.25, 0.3) is 0 Å². The lowest BCUT2D eigenvalue weighted by Gasteiger charge is -2.08.